The maximum Gasteiger partial charge on any atom is 0.218 e. The van der Waals surface area contributed by atoms with Gasteiger partial charge in [0.1, 0.15) is 0 Å². The van der Waals surface area contributed by atoms with E-state index in [9.17, 15) is 0 Å². The van der Waals surface area contributed by atoms with Gasteiger partial charge in [-0.15, -0.1) is 0 Å². The molecule has 0 atom stereocenters. The Bertz CT molecular complexity index is 489. The molecule has 0 bridgehead atoms. The third-order valence-corrected chi connectivity index (χ3v) is 3.63. The van der Waals surface area contributed by atoms with E-state index >= 15 is 0 Å². The molecule has 1 fully saturated rings. The molecule has 1 aromatic rings. The van der Waals surface area contributed by atoms with Gasteiger partial charge < -0.3 is 20.1 Å². The number of pyridine rings is 1. The summed E-state index contributed by atoms with van der Waals surface area (Å²) in [6, 6.07) is 3.92. The van der Waals surface area contributed by atoms with E-state index < -0.39 is 0 Å². The molecular formula is C16H27N5O2. The third kappa shape index (κ3) is 6.03. The Kier molecular flexibility index (Phi) is 7.62. The number of rotatable bonds is 7. The van der Waals surface area contributed by atoms with E-state index in [1.165, 1.54) is 0 Å². The maximum atomic E-state index is 5.53. The van der Waals surface area contributed by atoms with Gasteiger partial charge in [0.15, 0.2) is 5.96 Å². The molecule has 2 rings (SSSR count). The Labute approximate surface area is 138 Å². The molecule has 128 valence electrons. The predicted octanol–water partition coefficient (Wildman–Crippen LogP) is 0.478. The van der Waals surface area contributed by atoms with Crippen molar-refractivity contribution in [2.45, 2.75) is 13.5 Å². The van der Waals surface area contributed by atoms with Crippen LogP contribution in [0, 0.1) is 0 Å². The van der Waals surface area contributed by atoms with Crippen LogP contribution < -0.4 is 15.4 Å². The van der Waals surface area contributed by atoms with Gasteiger partial charge in [-0.05, 0) is 13.0 Å². The third-order valence-electron chi connectivity index (χ3n) is 3.63. The summed E-state index contributed by atoms with van der Waals surface area (Å²) >= 11 is 0. The number of nitrogens with one attached hydrogen (secondary N) is 2. The average molecular weight is 321 g/mol. The first kappa shape index (κ1) is 17.5. The zero-order valence-electron chi connectivity index (χ0n) is 14.0. The molecule has 2 heterocycles. The Morgan fingerprint density at radius 1 is 1.39 bits per heavy atom. The van der Waals surface area contributed by atoms with Gasteiger partial charge in [0, 0.05) is 51.5 Å². The molecule has 0 spiro atoms. The molecule has 0 amide bonds. The number of morpholine rings is 1. The highest BCUT2D eigenvalue weighted by Crippen LogP contribution is 2.13. The minimum atomic E-state index is 0.608. The van der Waals surface area contributed by atoms with Crippen molar-refractivity contribution in [2.24, 2.45) is 4.99 Å². The summed E-state index contributed by atoms with van der Waals surface area (Å²) in [5, 5.41) is 6.63. The summed E-state index contributed by atoms with van der Waals surface area (Å²) in [7, 11) is 1.77. The Hall–Kier alpha value is -1.86. The Morgan fingerprint density at radius 3 is 2.96 bits per heavy atom. The average Bonchev–Trinajstić information content (AvgIpc) is 2.60. The molecule has 1 aliphatic heterocycles. The minimum absolute atomic E-state index is 0.608. The fraction of sp³-hybridized carbons (Fsp3) is 0.625. The zero-order chi connectivity index (χ0) is 16.3. The smallest absolute Gasteiger partial charge is 0.218 e. The Balaban J connectivity index is 1.74. The number of guanidine groups is 1. The van der Waals surface area contributed by atoms with Crippen LogP contribution in [0.15, 0.2) is 23.3 Å². The normalized spacial score (nSPS) is 16.2. The number of hydrogen-bond acceptors (Lipinski definition) is 5. The molecule has 1 saturated heterocycles. The summed E-state index contributed by atoms with van der Waals surface area (Å²) in [4.78, 5) is 10.9. The van der Waals surface area contributed by atoms with Gasteiger partial charge in [0.2, 0.25) is 5.88 Å². The first-order chi connectivity index (χ1) is 11.3. The van der Waals surface area contributed by atoms with Crippen molar-refractivity contribution >= 4 is 5.96 Å². The summed E-state index contributed by atoms with van der Waals surface area (Å²) in [6.07, 6.45) is 1.74. The highest BCUT2D eigenvalue weighted by molar-refractivity contribution is 5.79. The fourth-order valence-corrected chi connectivity index (χ4v) is 2.38. The summed E-state index contributed by atoms with van der Waals surface area (Å²) < 4.78 is 10.9. The quantitative estimate of drug-likeness (QED) is 0.562. The van der Waals surface area contributed by atoms with Crippen LogP contribution in [0.25, 0.3) is 0 Å². The molecule has 1 aliphatic rings. The van der Waals surface area contributed by atoms with Crippen molar-refractivity contribution in [1.82, 2.24) is 20.5 Å². The lowest BCUT2D eigenvalue weighted by Crippen LogP contribution is -2.44. The second-order valence-electron chi connectivity index (χ2n) is 5.21. The van der Waals surface area contributed by atoms with Gasteiger partial charge >= 0.3 is 0 Å². The van der Waals surface area contributed by atoms with Crippen molar-refractivity contribution in [3.8, 4) is 5.88 Å². The largest absolute Gasteiger partial charge is 0.478 e. The molecule has 23 heavy (non-hydrogen) atoms. The molecular weight excluding hydrogens is 294 g/mol. The fourth-order valence-electron chi connectivity index (χ4n) is 2.38. The van der Waals surface area contributed by atoms with Gasteiger partial charge in [-0.1, -0.05) is 6.07 Å². The van der Waals surface area contributed by atoms with Crippen molar-refractivity contribution in [3.63, 3.8) is 0 Å². The standard InChI is InChI=1S/C16H27N5O2/c1-3-23-15-14(5-4-6-18-15)13-20-16(17-2)19-7-8-21-9-11-22-12-10-21/h4-6H,3,7-13H2,1-2H3,(H2,17,19,20). The van der Waals surface area contributed by atoms with Crippen LogP contribution in [0.3, 0.4) is 0 Å². The minimum Gasteiger partial charge on any atom is -0.478 e. The molecule has 0 saturated carbocycles. The molecule has 1 aromatic heterocycles. The summed E-state index contributed by atoms with van der Waals surface area (Å²) in [5.41, 5.74) is 1.02. The van der Waals surface area contributed by atoms with Gasteiger partial charge in [-0.2, -0.15) is 0 Å². The van der Waals surface area contributed by atoms with Crippen LogP contribution in [0.4, 0.5) is 0 Å². The highest BCUT2D eigenvalue weighted by atomic mass is 16.5. The molecule has 0 aromatic carbocycles. The SMILES string of the molecule is CCOc1ncccc1CNC(=NC)NCCN1CCOCC1. The highest BCUT2D eigenvalue weighted by Gasteiger charge is 2.10. The lowest BCUT2D eigenvalue weighted by atomic mass is 10.2. The van der Waals surface area contributed by atoms with Gasteiger partial charge in [0.25, 0.3) is 0 Å². The van der Waals surface area contributed by atoms with Crippen LogP contribution in [0.5, 0.6) is 5.88 Å². The van der Waals surface area contributed by atoms with Gasteiger partial charge in [-0.25, -0.2) is 4.98 Å². The first-order valence-electron chi connectivity index (χ1n) is 8.14. The second-order valence-corrected chi connectivity index (χ2v) is 5.21. The lowest BCUT2D eigenvalue weighted by Gasteiger charge is -2.26. The number of ether oxygens (including phenoxy) is 2. The van der Waals surface area contributed by atoms with E-state index in [2.05, 4.69) is 25.5 Å². The molecule has 0 unspecified atom stereocenters. The van der Waals surface area contributed by atoms with Gasteiger partial charge in [-0.3, -0.25) is 9.89 Å². The van der Waals surface area contributed by atoms with E-state index in [4.69, 9.17) is 9.47 Å². The number of aliphatic imine (C=N–C) groups is 1. The van der Waals surface area contributed by atoms with E-state index in [0.717, 1.165) is 50.9 Å². The van der Waals surface area contributed by atoms with Crippen LogP contribution in [0.1, 0.15) is 12.5 Å². The van der Waals surface area contributed by atoms with E-state index in [1.807, 2.05) is 19.1 Å². The number of hydrogen-bond donors (Lipinski definition) is 2. The van der Waals surface area contributed by atoms with E-state index in [0.29, 0.717) is 19.0 Å². The van der Waals surface area contributed by atoms with Crippen LogP contribution in [-0.2, 0) is 11.3 Å². The van der Waals surface area contributed by atoms with Crippen LogP contribution in [-0.4, -0.2) is 68.9 Å². The van der Waals surface area contributed by atoms with E-state index in [-0.39, 0.29) is 0 Å². The first-order valence-corrected chi connectivity index (χ1v) is 8.14. The molecule has 2 N–H and O–H groups in total. The van der Waals surface area contributed by atoms with Crippen molar-refractivity contribution < 1.29 is 9.47 Å². The molecule has 0 aliphatic carbocycles. The van der Waals surface area contributed by atoms with Gasteiger partial charge in [0.05, 0.1) is 19.8 Å². The van der Waals surface area contributed by atoms with Crippen LogP contribution in [0.2, 0.25) is 0 Å². The number of nitrogens with zero attached hydrogens (tertiary/aromatic N) is 3. The lowest BCUT2D eigenvalue weighted by molar-refractivity contribution is 0.0389. The van der Waals surface area contributed by atoms with Crippen molar-refractivity contribution in [1.29, 1.82) is 0 Å². The zero-order valence-corrected chi connectivity index (χ0v) is 14.0. The summed E-state index contributed by atoms with van der Waals surface area (Å²) in [5.74, 6) is 1.45. The monoisotopic (exact) mass is 321 g/mol. The topological polar surface area (TPSA) is 71.0 Å². The van der Waals surface area contributed by atoms with Crippen molar-refractivity contribution in [3.05, 3.63) is 23.9 Å². The number of aromatic nitrogens is 1. The van der Waals surface area contributed by atoms with E-state index in [1.54, 1.807) is 13.2 Å². The maximum absolute atomic E-state index is 5.53. The van der Waals surface area contributed by atoms with Crippen LogP contribution >= 0.6 is 0 Å². The molecule has 7 nitrogen and oxygen atoms in total. The predicted molar refractivity (Wildman–Crippen MR) is 90.9 cm³/mol. The Morgan fingerprint density at radius 2 is 2.22 bits per heavy atom. The molecule has 0 radical (unpaired) electrons. The molecule has 7 heteroatoms. The summed E-state index contributed by atoms with van der Waals surface area (Å²) in [6.45, 7) is 8.69. The van der Waals surface area contributed by atoms with Crippen molar-refractivity contribution in [2.75, 3.05) is 53.0 Å². The second kappa shape index (κ2) is 10.0.